The van der Waals surface area contributed by atoms with E-state index in [2.05, 4.69) is 15.6 Å². The first-order chi connectivity index (χ1) is 14.6. The quantitative estimate of drug-likeness (QED) is 0.328. The van der Waals surface area contributed by atoms with E-state index in [4.69, 9.17) is 4.74 Å². The Hall–Kier alpha value is -3.36. The van der Waals surface area contributed by atoms with Gasteiger partial charge in [0.25, 0.3) is 5.91 Å². The summed E-state index contributed by atoms with van der Waals surface area (Å²) in [5, 5.41) is 0. The Bertz CT molecular complexity index is 848. The van der Waals surface area contributed by atoms with Crippen LogP contribution in [0, 0.1) is 0 Å². The Labute approximate surface area is 181 Å². The highest BCUT2D eigenvalue weighted by molar-refractivity contribution is 6.33. The second-order valence-electron chi connectivity index (χ2n) is 7.94. The van der Waals surface area contributed by atoms with Crippen LogP contribution in [0.3, 0.4) is 0 Å². The van der Waals surface area contributed by atoms with Crippen molar-refractivity contribution in [3.63, 3.8) is 0 Å². The molecule has 0 spiro atoms. The highest BCUT2D eigenvalue weighted by Crippen LogP contribution is 2.27. The zero-order chi connectivity index (χ0) is 23.0. The molecule has 0 atom stereocenters. The number of nitrogens with zero attached hydrogens (tertiary/aromatic N) is 1. The van der Waals surface area contributed by atoms with Gasteiger partial charge in [-0.15, -0.1) is 0 Å². The van der Waals surface area contributed by atoms with Crippen LogP contribution >= 0.6 is 0 Å². The lowest BCUT2D eigenvalue weighted by molar-refractivity contribution is -0.155. The van der Waals surface area contributed by atoms with Crippen LogP contribution in [0.5, 0.6) is 0 Å². The minimum absolute atomic E-state index is 0.0493. The minimum atomic E-state index is -1.08. The van der Waals surface area contributed by atoms with Crippen molar-refractivity contribution in [2.24, 2.45) is 0 Å². The predicted octanol–water partition coefficient (Wildman–Crippen LogP) is 2.18. The topological polar surface area (TPSA) is 114 Å². The SMILES string of the molecule is CCOC(=O)C(=O)NNC(=O)C(=C1CCN(C(=O)OC(C)(C)C)CC1)c1ccccc1. The molecule has 0 unspecified atom stereocenters. The molecule has 0 radical (unpaired) electrons. The highest BCUT2D eigenvalue weighted by Gasteiger charge is 2.28. The van der Waals surface area contributed by atoms with E-state index in [1.54, 1.807) is 36.1 Å². The van der Waals surface area contributed by atoms with Crippen molar-refractivity contribution < 1.29 is 28.7 Å². The first-order valence-corrected chi connectivity index (χ1v) is 10.1. The van der Waals surface area contributed by atoms with Gasteiger partial charge in [0, 0.05) is 18.7 Å². The van der Waals surface area contributed by atoms with Crippen LogP contribution in [0.1, 0.15) is 46.1 Å². The fourth-order valence-electron chi connectivity index (χ4n) is 3.06. The van der Waals surface area contributed by atoms with Crippen LogP contribution in [0.2, 0.25) is 0 Å². The number of benzene rings is 1. The van der Waals surface area contributed by atoms with Gasteiger partial charge in [0.15, 0.2) is 0 Å². The molecule has 3 amide bonds. The lowest BCUT2D eigenvalue weighted by Gasteiger charge is -2.31. The lowest BCUT2D eigenvalue weighted by Crippen LogP contribution is -2.46. The Morgan fingerprint density at radius 1 is 0.968 bits per heavy atom. The van der Waals surface area contributed by atoms with Gasteiger partial charge in [-0.3, -0.25) is 20.4 Å². The maximum absolute atomic E-state index is 12.9. The maximum atomic E-state index is 12.9. The second-order valence-corrected chi connectivity index (χ2v) is 7.94. The molecule has 1 aliphatic rings. The molecule has 31 heavy (non-hydrogen) atoms. The smallest absolute Gasteiger partial charge is 0.410 e. The van der Waals surface area contributed by atoms with Crippen molar-refractivity contribution in [2.45, 2.75) is 46.1 Å². The lowest BCUT2D eigenvalue weighted by atomic mass is 9.92. The minimum Gasteiger partial charge on any atom is -0.459 e. The molecule has 0 aliphatic carbocycles. The molecule has 1 saturated heterocycles. The van der Waals surface area contributed by atoms with E-state index < -0.39 is 23.4 Å². The van der Waals surface area contributed by atoms with Crippen LogP contribution in [0.4, 0.5) is 4.79 Å². The van der Waals surface area contributed by atoms with Gasteiger partial charge in [-0.1, -0.05) is 35.9 Å². The molecule has 1 fully saturated rings. The van der Waals surface area contributed by atoms with Crippen molar-refractivity contribution >= 4 is 29.5 Å². The standard InChI is InChI=1S/C22H29N3O6/c1-5-30-20(28)19(27)24-23-18(26)17(15-9-7-6-8-10-15)16-11-13-25(14-12-16)21(29)31-22(2,3)4/h6-10H,5,11-14H2,1-4H3,(H,23,26)(H,24,27). The molecule has 168 valence electrons. The number of hydrogen-bond donors (Lipinski definition) is 2. The molecule has 2 N–H and O–H groups in total. The molecular formula is C22H29N3O6. The number of hydrazine groups is 1. The van der Waals surface area contributed by atoms with Gasteiger partial charge >= 0.3 is 18.0 Å². The Morgan fingerprint density at radius 3 is 2.10 bits per heavy atom. The molecule has 9 heteroatoms. The molecule has 0 bridgehead atoms. The van der Waals surface area contributed by atoms with Gasteiger partial charge < -0.3 is 14.4 Å². The molecule has 2 rings (SSSR count). The van der Waals surface area contributed by atoms with Crippen LogP contribution in [-0.4, -0.2) is 54.1 Å². The van der Waals surface area contributed by atoms with Crippen LogP contribution in [0.15, 0.2) is 35.9 Å². The Morgan fingerprint density at radius 2 is 1.55 bits per heavy atom. The van der Waals surface area contributed by atoms with E-state index in [9.17, 15) is 19.2 Å². The van der Waals surface area contributed by atoms with Gasteiger partial charge in [-0.25, -0.2) is 9.59 Å². The average molecular weight is 431 g/mol. The summed E-state index contributed by atoms with van der Waals surface area (Å²) in [6.45, 7) is 7.86. The predicted molar refractivity (Wildman–Crippen MR) is 113 cm³/mol. The number of ether oxygens (including phenoxy) is 2. The molecule has 1 aliphatic heterocycles. The number of rotatable bonds is 3. The summed E-state index contributed by atoms with van der Waals surface area (Å²) in [5.74, 6) is -2.70. The first-order valence-electron chi connectivity index (χ1n) is 10.1. The van der Waals surface area contributed by atoms with Gasteiger partial charge in [0.1, 0.15) is 5.60 Å². The van der Waals surface area contributed by atoms with Crippen molar-refractivity contribution in [2.75, 3.05) is 19.7 Å². The van der Waals surface area contributed by atoms with E-state index in [1.807, 2.05) is 26.8 Å². The van der Waals surface area contributed by atoms with Crippen molar-refractivity contribution in [1.82, 2.24) is 15.8 Å². The zero-order valence-corrected chi connectivity index (χ0v) is 18.3. The third kappa shape index (κ3) is 7.13. The van der Waals surface area contributed by atoms with Crippen LogP contribution < -0.4 is 10.9 Å². The molecule has 1 heterocycles. The average Bonchev–Trinajstić information content (AvgIpc) is 2.72. The number of amides is 3. The summed E-state index contributed by atoms with van der Waals surface area (Å²) >= 11 is 0. The second kappa shape index (κ2) is 10.6. The largest absolute Gasteiger partial charge is 0.459 e. The fraction of sp³-hybridized carbons (Fsp3) is 0.455. The monoisotopic (exact) mass is 431 g/mol. The summed E-state index contributed by atoms with van der Waals surface area (Å²) in [7, 11) is 0. The fourth-order valence-corrected chi connectivity index (χ4v) is 3.06. The van der Waals surface area contributed by atoms with Crippen molar-refractivity contribution in [3.8, 4) is 0 Å². The van der Waals surface area contributed by atoms with E-state index in [1.165, 1.54) is 0 Å². The number of carbonyl (C=O) groups excluding carboxylic acids is 4. The molecule has 9 nitrogen and oxygen atoms in total. The van der Waals surface area contributed by atoms with Gasteiger partial charge in [-0.2, -0.15) is 0 Å². The third-order valence-electron chi connectivity index (χ3n) is 4.41. The summed E-state index contributed by atoms with van der Waals surface area (Å²) < 4.78 is 10.0. The van der Waals surface area contributed by atoms with Gasteiger partial charge in [0.05, 0.1) is 6.61 Å². The number of carbonyl (C=O) groups is 4. The van der Waals surface area contributed by atoms with Crippen LogP contribution in [-0.2, 0) is 23.9 Å². The number of esters is 1. The van der Waals surface area contributed by atoms with Gasteiger partial charge in [-0.05, 0) is 46.1 Å². The first kappa shape index (κ1) is 23.9. The van der Waals surface area contributed by atoms with E-state index >= 15 is 0 Å². The normalized spacial score (nSPS) is 13.8. The summed E-state index contributed by atoms with van der Waals surface area (Å²) in [4.78, 5) is 50.0. The molecule has 1 aromatic carbocycles. The third-order valence-corrected chi connectivity index (χ3v) is 4.41. The van der Waals surface area contributed by atoms with Crippen molar-refractivity contribution in [1.29, 1.82) is 0 Å². The molecule has 0 saturated carbocycles. The number of nitrogens with one attached hydrogen (secondary N) is 2. The number of piperidine rings is 1. The van der Waals surface area contributed by atoms with E-state index in [0.717, 1.165) is 5.57 Å². The van der Waals surface area contributed by atoms with E-state index in [-0.39, 0.29) is 12.7 Å². The van der Waals surface area contributed by atoms with Crippen LogP contribution in [0.25, 0.3) is 5.57 Å². The Balaban J connectivity index is 2.15. The maximum Gasteiger partial charge on any atom is 0.410 e. The summed E-state index contributed by atoms with van der Waals surface area (Å²) in [6.07, 6.45) is 0.560. The highest BCUT2D eigenvalue weighted by atomic mass is 16.6. The van der Waals surface area contributed by atoms with E-state index in [0.29, 0.717) is 37.1 Å². The molecule has 0 aromatic heterocycles. The molecule has 1 aromatic rings. The Kier molecular flexibility index (Phi) is 8.18. The number of likely N-dealkylation sites (tertiary alicyclic amines) is 1. The van der Waals surface area contributed by atoms with Crippen molar-refractivity contribution in [3.05, 3.63) is 41.5 Å². The summed E-state index contributed by atoms with van der Waals surface area (Å²) in [6, 6.07) is 9.01. The molecular weight excluding hydrogens is 402 g/mol. The summed E-state index contributed by atoms with van der Waals surface area (Å²) in [5.41, 5.74) is 5.68. The number of hydrogen-bond acceptors (Lipinski definition) is 6. The zero-order valence-electron chi connectivity index (χ0n) is 18.3. The van der Waals surface area contributed by atoms with Gasteiger partial charge in [0.2, 0.25) is 0 Å².